The Morgan fingerprint density at radius 1 is 1.27 bits per heavy atom. The van der Waals surface area contributed by atoms with Gasteiger partial charge in [-0.2, -0.15) is 18.3 Å². The van der Waals surface area contributed by atoms with E-state index in [-0.39, 0.29) is 24.4 Å². The predicted octanol–water partition coefficient (Wildman–Crippen LogP) is 3.45. The molecular formula is C24H21ClF4N4O4. The normalized spacial score (nSPS) is 13.3. The second kappa shape index (κ2) is 10.4. The molecular weight excluding hydrogens is 520 g/mol. The highest BCUT2D eigenvalue weighted by molar-refractivity contribution is 6.31. The average molecular weight is 541 g/mol. The van der Waals surface area contributed by atoms with E-state index in [1.807, 2.05) is 5.32 Å². The average Bonchev–Trinajstić information content (AvgIpc) is 3.19. The van der Waals surface area contributed by atoms with Crippen molar-refractivity contribution < 1.29 is 37.0 Å². The maximum absolute atomic E-state index is 14.4. The standard InChI is InChI=1S/C24H21ClF4N4O4/c1-32-22-15-8-14(25)6-7-18(15)37-12-16(22)21(31-32)23(36)33(10-13-4-2-3-5-17(13)26)11-20(35)30-9-19(34)24(27,28)29/h2-8,19,34H,9-12H2,1H3,(H,30,35). The first-order valence-electron chi connectivity index (χ1n) is 11.0. The lowest BCUT2D eigenvalue weighted by Crippen LogP contribution is -2.45. The van der Waals surface area contributed by atoms with Gasteiger partial charge in [-0.05, 0) is 24.3 Å². The van der Waals surface area contributed by atoms with Gasteiger partial charge in [-0.15, -0.1) is 0 Å². The summed E-state index contributed by atoms with van der Waals surface area (Å²) in [5.41, 5.74) is 1.59. The molecule has 2 amide bonds. The lowest BCUT2D eigenvalue weighted by molar-refractivity contribution is -0.201. The zero-order chi connectivity index (χ0) is 26.9. The number of ether oxygens (including phenoxy) is 1. The summed E-state index contributed by atoms with van der Waals surface area (Å²) in [5, 5.41) is 15.8. The van der Waals surface area contributed by atoms with Crippen LogP contribution in [0.25, 0.3) is 11.3 Å². The molecule has 0 radical (unpaired) electrons. The summed E-state index contributed by atoms with van der Waals surface area (Å²) in [6.07, 6.45) is -7.71. The smallest absolute Gasteiger partial charge is 0.416 e. The van der Waals surface area contributed by atoms with E-state index in [2.05, 4.69) is 5.10 Å². The summed E-state index contributed by atoms with van der Waals surface area (Å²) in [6, 6.07) is 10.6. The predicted molar refractivity (Wildman–Crippen MR) is 124 cm³/mol. The molecule has 1 aliphatic rings. The number of aromatic nitrogens is 2. The topological polar surface area (TPSA) is 96.7 Å². The van der Waals surface area contributed by atoms with Crippen LogP contribution in [0.3, 0.4) is 0 Å². The molecule has 196 valence electrons. The zero-order valence-electron chi connectivity index (χ0n) is 19.4. The lowest BCUT2D eigenvalue weighted by atomic mass is 10.0. The Hall–Kier alpha value is -3.64. The van der Waals surface area contributed by atoms with Gasteiger partial charge in [0.25, 0.3) is 5.91 Å². The number of amides is 2. The molecule has 13 heteroatoms. The third-order valence-corrected chi connectivity index (χ3v) is 5.96. The van der Waals surface area contributed by atoms with Crippen molar-refractivity contribution in [3.05, 3.63) is 70.1 Å². The molecule has 1 unspecified atom stereocenters. The van der Waals surface area contributed by atoms with E-state index in [9.17, 15) is 27.2 Å². The summed E-state index contributed by atoms with van der Waals surface area (Å²) >= 11 is 6.13. The highest BCUT2D eigenvalue weighted by atomic mass is 35.5. The van der Waals surface area contributed by atoms with Crippen molar-refractivity contribution in [2.75, 3.05) is 13.1 Å². The van der Waals surface area contributed by atoms with Crippen LogP contribution in [0.5, 0.6) is 5.75 Å². The van der Waals surface area contributed by atoms with Crippen LogP contribution in [0.15, 0.2) is 42.5 Å². The minimum Gasteiger partial charge on any atom is -0.488 e. The van der Waals surface area contributed by atoms with Crippen molar-refractivity contribution in [3.8, 4) is 17.0 Å². The van der Waals surface area contributed by atoms with Gasteiger partial charge in [-0.25, -0.2) is 4.39 Å². The number of halogens is 5. The molecule has 2 N–H and O–H groups in total. The van der Waals surface area contributed by atoms with Crippen LogP contribution in [0.1, 0.15) is 21.6 Å². The number of benzene rings is 2. The summed E-state index contributed by atoms with van der Waals surface area (Å²) in [7, 11) is 1.61. The molecule has 0 fully saturated rings. The Kier molecular flexibility index (Phi) is 7.42. The molecule has 0 bridgehead atoms. The van der Waals surface area contributed by atoms with Crippen molar-refractivity contribution in [1.82, 2.24) is 20.0 Å². The molecule has 3 aromatic rings. The lowest BCUT2D eigenvalue weighted by Gasteiger charge is -2.24. The van der Waals surface area contributed by atoms with Gasteiger partial charge < -0.3 is 20.1 Å². The Balaban J connectivity index is 1.64. The van der Waals surface area contributed by atoms with E-state index in [4.69, 9.17) is 21.4 Å². The molecule has 1 atom stereocenters. The number of carbonyl (C=O) groups excluding carboxylic acids is 2. The highest BCUT2D eigenvalue weighted by Gasteiger charge is 2.38. The Bertz CT molecular complexity index is 1340. The van der Waals surface area contributed by atoms with Gasteiger partial charge >= 0.3 is 6.18 Å². The number of aryl methyl sites for hydroxylation is 1. The monoisotopic (exact) mass is 540 g/mol. The molecule has 2 heterocycles. The van der Waals surface area contributed by atoms with Gasteiger partial charge in [0, 0.05) is 35.3 Å². The number of nitrogens with zero attached hydrogens (tertiary/aromatic N) is 3. The quantitative estimate of drug-likeness (QED) is 0.448. The van der Waals surface area contributed by atoms with Gasteiger partial charge in [0.05, 0.1) is 12.2 Å². The fourth-order valence-electron chi connectivity index (χ4n) is 3.91. The molecule has 0 saturated carbocycles. The maximum Gasteiger partial charge on any atom is 0.416 e. The third-order valence-electron chi connectivity index (χ3n) is 5.73. The van der Waals surface area contributed by atoms with Crippen LogP contribution in [-0.2, 0) is 25.0 Å². The van der Waals surface area contributed by atoms with E-state index in [1.165, 1.54) is 28.9 Å². The summed E-state index contributed by atoms with van der Waals surface area (Å²) in [4.78, 5) is 27.0. The van der Waals surface area contributed by atoms with Gasteiger partial charge in [-0.1, -0.05) is 29.8 Å². The molecule has 1 aromatic heterocycles. The van der Waals surface area contributed by atoms with Gasteiger partial charge in [0.15, 0.2) is 11.8 Å². The molecule has 0 spiro atoms. The van der Waals surface area contributed by atoms with Gasteiger partial charge in [-0.3, -0.25) is 14.3 Å². The first kappa shape index (κ1) is 26.4. The molecule has 2 aromatic carbocycles. The highest BCUT2D eigenvalue weighted by Crippen LogP contribution is 2.40. The van der Waals surface area contributed by atoms with Crippen molar-refractivity contribution in [3.63, 3.8) is 0 Å². The van der Waals surface area contributed by atoms with Crippen molar-refractivity contribution in [2.24, 2.45) is 7.05 Å². The number of fused-ring (bicyclic) bond motifs is 3. The van der Waals surface area contributed by atoms with Gasteiger partial charge in [0.2, 0.25) is 5.91 Å². The first-order chi connectivity index (χ1) is 17.5. The van der Waals surface area contributed by atoms with E-state index >= 15 is 0 Å². The van der Waals surface area contributed by atoms with E-state index < -0.39 is 43.0 Å². The number of hydrogen-bond donors (Lipinski definition) is 2. The molecule has 37 heavy (non-hydrogen) atoms. The van der Waals surface area contributed by atoms with Crippen LogP contribution in [0.2, 0.25) is 5.02 Å². The largest absolute Gasteiger partial charge is 0.488 e. The Morgan fingerprint density at radius 3 is 2.70 bits per heavy atom. The molecule has 4 rings (SSSR count). The van der Waals surface area contributed by atoms with E-state index in [0.717, 1.165) is 4.90 Å². The third kappa shape index (κ3) is 5.70. The summed E-state index contributed by atoms with van der Waals surface area (Å²) < 4.78 is 59.4. The number of aliphatic hydroxyl groups is 1. The number of rotatable bonds is 7. The van der Waals surface area contributed by atoms with Crippen LogP contribution in [0, 0.1) is 5.82 Å². The summed E-state index contributed by atoms with van der Waals surface area (Å²) in [5.74, 6) is -1.85. The second-order valence-electron chi connectivity index (χ2n) is 8.34. The SMILES string of the molecule is Cn1nc(C(=O)N(CC(=O)NCC(O)C(F)(F)F)Cc2ccccc2F)c2c1-c1cc(Cl)ccc1OC2. The van der Waals surface area contributed by atoms with Crippen LogP contribution < -0.4 is 10.1 Å². The van der Waals surface area contributed by atoms with Crippen molar-refractivity contribution in [1.29, 1.82) is 0 Å². The molecule has 8 nitrogen and oxygen atoms in total. The number of hydrogen-bond acceptors (Lipinski definition) is 5. The van der Waals surface area contributed by atoms with Crippen molar-refractivity contribution >= 4 is 23.4 Å². The minimum atomic E-state index is -4.93. The maximum atomic E-state index is 14.4. The fraction of sp³-hybridized carbons (Fsp3) is 0.292. The van der Waals surface area contributed by atoms with Gasteiger partial charge in [0.1, 0.15) is 24.7 Å². The van der Waals surface area contributed by atoms with E-state index in [0.29, 0.717) is 27.6 Å². The minimum absolute atomic E-state index is 0.0175. The zero-order valence-corrected chi connectivity index (χ0v) is 20.1. The number of aliphatic hydroxyl groups excluding tert-OH is 1. The number of nitrogens with one attached hydrogen (secondary N) is 1. The summed E-state index contributed by atoms with van der Waals surface area (Å²) in [6.45, 7) is -2.20. The fourth-order valence-corrected chi connectivity index (χ4v) is 4.09. The number of alkyl halides is 3. The van der Waals surface area contributed by atoms with Crippen LogP contribution in [0.4, 0.5) is 17.6 Å². The van der Waals surface area contributed by atoms with Crippen molar-refractivity contribution in [2.45, 2.75) is 25.4 Å². The first-order valence-corrected chi connectivity index (χ1v) is 11.4. The molecule has 0 aliphatic carbocycles. The Labute approximate surface area is 213 Å². The van der Waals surface area contributed by atoms with Crippen LogP contribution >= 0.6 is 11.6 Å². The molecule has 1 aliphatic heterocycles. The Morgan fingerprint density at radius 2 is 2.00 bits per heavy atom. The second-order valence-corrected chi connectivity index (χ2v) is 8.78. The van der Waals surface area contributed by atoms with Crippen LogP contribution in [-0.4, -0.2) is 57.0 Å². The number of carbonyl (C=O) groups is 2. The molecule has 0 saturated heterocycles. The van der Waals surface area contributed by atoms with E-state index in [1.54, 1.807) is 25.2 Å².